The zero-order chi connectivity index (χ0) is 20.0. The quantitative estimate of drug-likeness (QED) is 0.616. The molecule has 1 aromatic carbocycles. The van der Waals surface area contributed by atoms with Crippen molar-refractivity contribution in [3.63, 3.8) is 0 Å². The van der Waals surface area contributed by atoms with Crippen LogP contribution >= 0.6 is 0 Å². The number of benzene rings is 1. The molecule has 0 aliphatic heterocycles. The van der Waals surface area contributed by atoms with Gasteiger partial charge in [0.1, 0.15) is 18.2 Å². The molecule has 7 heteroatoms. The van der Waals surface area contributed by atoms with Crippen molar-refractivity contribution < 1.29 is 28.6 Å². The summed E-state index contributed by atoms with van der Waals surface area (Å²) >= 11 is 0. The lowest BCUT2D eigenvalue weighted by Crippen LogP contribution is -2.55. The van der Waals surface area contributed by atoms with E-state index in [0.717, 1.165) is 5.56 Å². The number of carbonyl (C=O) groups excluding carboxylic acids is 3. The second kappa shape index (κ2) is 8.69. The molecule has 0 aliphatic rings. The van der Waals surface area contributed by atoms with Crippen LogP contribution in [0.15, 0.2) is 30.3 Å². The smallest absolute Gasteiger partial charge is 0.408 e. The average molecular weight is 365 g/mol. The lowest BCUT2D eigenvalue weighted by molar-refractivity contribution is -0.163. The number of carbonyl (C=O) groups is 3. The topological polar surface area (TPSA) is 90.9 Å². The van der Waals surface area contributed by atoms with E-state index in [0.29, 0.717) is 0 Å². The molecule has 0 aliphatic carbocycles. The zero-order valence-electron chi connectivity index (χ0n) is 16.1. The van der Waals surface area contributed by atoms with Gasteiger partial charge in [-0.3, -0.25) is 4.79 Å². The summed E-state index contributed by atoms with van der Waals surface area (Å²) in [7, 11) is 1.18. The summed E-state index contributed by atoms with van der Waals surface area (Å²) in [6, 6.07) is 7.89. The fourth-order valence-corrected chi connectivity index (χ4v) is 2.10. The van der Waals surface area contributed by atoms with Crippen LogP contribution in [-0.4, -0.2) is 36.8 Å². The van der Waals surface area contributed by atoms with Crippen LogP contribution in [0, 0.1) is 5.41 Å². The molecule has 1 aromatic rings. The Bertz CT molecular complexity index is 633. The number of hydrogen-bond donors (Lipinski definition) is 1. The summed E-state index contributed by atoms with van der Waals surface area (Å²) in [4.78, 5) is 36.7. The van der Waals surface area contributed by atoms with Gasteiger partial charge in [-0.1, -0.05) is 30.3 Å². The molecule has 1 amide bonds. The van der Waals surface area contributed by atoms with Crippen LogP contribution in [0.5, 0.6) is 0 Å². The minimum Gasteiger partial charge on any atom is -0.467 e. The van der Waals surface area contributed by atoms with Gasteiger partial charge in [-0.2, -0.15) is 0 Å². The van der Waals surface area contributed by atoms with Gasteiger partial charge in [0, 0.05) is 0 Å². The van der Waals surface area contributed by atoms with Gasteiger partial charge in [-0.25, -0.2) is 9.59 Å². The summed E-state index contributed by atoms with van der Waals surface area (Å²) in [5.41, 5.74) is -1.30. The Labute approximate surface area is 154 Å². The molecule has 26 heavy (non-hydrogen) atoms. The van der Waals surface area contributed by atoms with Crippen molar-refractivity contribution >= 4 is 18.0 Å². The van der Waals surface area contributed by atoms with E-state index >= 15 is 0 Å². The molecule has 0 heterocycles. The van der Waals surface area contributed by atoms with Crippen LogP contribution in [0.25, 0.3) is 0 Å². The maximum absolute atomic E-state index is 12.5. The molecule has 144 valence electrons. The van der Waals surface area contributed by atoms with E-state index in [1.54, 1.807) is 20.8 Å². The van der Waals surface area contributed by atoms with E-state index in [9.17, 15) is 14.4 Å². The van der Waals surface area contributed by atoms with Gasteiger partial charge in [0.05, 0.1) is 12.5 Å². The number of methoxy groups -OCH3 is 1. The highest BCUT2D eigenvalue weighted by molar-refractivity contribution is 5.90. The number of nitrogens with one attached hydrogen (secondary N) is 1. The molecule has 0 spiro atoms. The molecule has 0 saturated carbocycles. The first-order valence-electron chi connectivity index (χ1n) is 8.26. The van der Waals surface area contributed by atoms with Crippen LogP contribution in [-0.2, 0) is 30.4 Å². The lowest BCUT2D eigenvalue weighted by Gasteiger charge is -2.31. The predicted molar refractivity (Wildman–Crippen MR) is 95.2 cm³/mol. The van der Waals surface area contributed by atoms with E-state index in [2.05, 4.69) is 5.32 Å². The Hall–Kier alpha value is -2.57. The molecule has 0 radical (unpaired) electrons. The third kappa shape index (κ3) is 6.38. The monoisotopic (exact) mass is 365 g/mol. The highest BCUT2D eigenvalue weighted by Gasteiger charge is 2.45. The molecule has 1 atom stereocenters. The van der Waals surface area contributed by atoms with Crippen molar-refractivity contribution in [3.8, 4) is 0 Å². The van der Waals surface area contributed by atoms with Gasteiger partial charge in [0.2, 0.25) is 0 Å². The standard InChI is InChI=1S/C19H27NO6/c1-18(2,3)26-17(23)20-14(15(21)24-6)19(4,5)16(22)25-12-13-10-8-7-9-11-13/h7-11,14H,12H2,1-6H3,(H,20,23)/t14-/m1/s1. The van der Waals surface area contributed by atoms with Crippen LogP contribution in [0.2, 0.25) is 0 Å². The molecule has 0 bridgehead atoms. The van der Waals surface area contributed by atoms with Crippen molar-refractivity contribution in [2.45, 2.75) is 52.9 Å². The molecule has 0 fully saturated rings. The van der Waals surface area contributed by atoms with Crippen molar-refractivity contribution in [3.05, 3.63) is 35.9 Å². The number of amides is 1. The first kappa shape index (κ1) is 21.5. The van der Waals surface area contributed by atoms with Gasteiger partial charge in [0.25, 0.3) is 0 Å². The average Bonchev–Trinajstić information content (AvgIpc) is 2.56. The normalized spacial score (nSPS) is 12.7. The molecular weight excluding hydrogens is 338 g/mol. The third-order valence-corrected chi connectivity index (χ3v) is 3.56. The Morgan fingerprint density at radius 3 is 2.12 bits per heavy atom. The molecule has 7 nitrogen and oxygen atoms in total. The van der Waals surface area contributed by atoms with E-state index in [4.69, 9.17) is 14.2 Å². The number of rotatable bonds is 6. The maximum Gasteiger partial charge on any atom is 0.408 e. The highest BCUT2D eigenvalue weighted by atomic mass is 16.6. The van der Waals surface area contributed by atoms with Crippen LogP contribution in [0.3, 0.4) is 0 Å². The van der Waals surface area contributed by atoms with Crippen molar-refractivity contribution in [2.24, 2.45) is 5.41 Å². The predicted octanol–water partition coefficient (Wildman–Crippen LogP) is 2.82. The van der Waals surface area contributed by atoms with Crippen molar-refractivity contribution in [2.75, 3.05) is 7.11 Å². The van der Waals surface area contributed by atoms with E-state index < -0.39 is 35.1 Å². The maximum atomic E-state index is 12.5. The second-order valence-corrected chi connectivity index (χ2v) is 7.39. The zero-order valence-corrected chi connectivity index (χ0v) is 16.1. The fourth-order valence-electron chi connectivity index (χ4n) is 2.10. The Balaban J connectivity index is 2.87. The largest absolute Gasteiger partial charge is 0.467 e. The first-order chi connectivity index (χ1) is 12.0. The summed E-state index contributed by atoms with van der Waals surface area (Å²) in [5.74, 6) is -1.41. The Morgan fingerprint density at radius 1 is 1.04 bits per heavy atom. The van der Waals surface area contributed by atoms with Gasteiger partial charge < -0.3 is 19.5 Å². The van der Waals surface area contributed by atoms with E-state index in [1.807, 2.05) is 30.3 Å². The molecular formula is C19H27NO6. The fraction of sp³-hybridized carbons (Fsp3) is 0.526. The summed E-state index contributed by atoms with van der Waals surface area (Å²) in [5, 5.41) is 2.41. The van der Waals surface area contributed by atoms with Crippen LogP contribution in [0.1, 0.15) is 40.2 Å². The van der Waals surface area contributed by atoms with Gasteiger partial charge >= 0.3 is 18.0 Å². The number of esters is 2. The first-order valence-corrected chi connectivity index (χ1v) is 8.26. The molecule has 0 unspecified atom stereocenters. The third-order valence-electron chi connectivity index (χ3n) is 3.56. The Kier molecular flexibility index (Phi) is 7.18. The minimum absolute atomic E-state index is 0.0590. The summed E-state index contributed by atoms with van der Waals surface area (Å²) in [6.45, 7) is 8.14. The molecule has 0 saturated heterocycles. The number of hydrogen-bond acceptors (Lipinski definition) is 6. The lowest BCUT2D eigenvalue weighted by atomic mass is 9.84. The molecule has 1 N–H and O–H groups in total. The Morgan fingerprint density at radius 2 is 1.62 bits per heavy atom. The van der Waals surface area contributed by atoms with E-state index in [1.165, 1.54) is 21.0 Å². The van der Waals surface area contributed by atoms with Gasteiger partial charge in [-0.15, -0.1) is 0 Å². The highest BCUT2D eigenvalue weighted by Crippen LogP contribution is 2.25. The molecule has 0 aromatic heterocycles. The number of ether oxygens (including phenoxy) is 3. The minimum atomic E-state index is -1.36. The second-order valence-electron chi connectivity index (χ2n) is 7.39. The van der Waals surface area contributed by atoms with Crippen molar-refractivity contribution in [1.82, 2.24) is 5.32 Å². The van der Waals surface area contributed by atoms with Crippen LogP contribution in [0.4, 0.5) is 4.79 Å². The van der Waals surface area contributed by atoms with Crippen LogP contribution < -0.4 is 5.32 Å². The van der Waals surface area contributed by atoms with E-state index in [-0.39, 0.29) is 6.61 Å². The summed E-state index contributed by atoms with van der Waals surface area (Å²) in [6.07, 6.45) is -0.822. The van der Waals surface area contributed by atoms with Gasteiger partial charge in [-0.05, 0) is 40.2 Å². The van der Waals surface area contributed by atoms with Crippen molar-refractivity contribution in [1.29, 1.82) is 0 Å². The van der Waals surface area contributed by atoms with Gasteiger partial charge in [0.15, 0.2) is 0 Å². The SMILES string of the molecule is COC(=O)[C@@H](NC(=O)OC(C)(C)C)C(C)(C)C(=O)OCc1ccccc1. The summed E-state index contributed by atoms with van der Waals surface area (Å²) < 4.78 is 15.2. The number of alkyl carbamates (subject to hydrolysis) is 1. The molecule has 1 rings (SSSR count).